The third-order valence-electron chi connectivity index (χ3n) is 5.34. The lowest BCUT2D eigenvalue weighted by Gasteiger charge is -2.37. The van der Waals surface area contributed by atoms with Gasteiger partial charge in [0.25, 0.3) is 0 Å². The van der Waals surface area contributed by atoms with Gasteiger partial charge >= 0.3 is 0 Å². The Morgan fingerprint density at radius 3 is 2.60 bits per heavy atom. The molecule has 1 aromatic carbocycles. The fourth-order valence-electron chi connectivity index (χ4n) is 3.69. The van der Waals surface area contributed by atoms with Crippen molar-refractivity contribution in [3.8, 4) is 0 Å². The van der Waals surface area contributed by atoms with Crippen molar-refractivity contribution >= 4 is 28.3 Å². The van der Waals surface area contributed by atoms with E-state index in [4.69, 9.17) is 4.98 Å². The van der Waals surface area contributed by atoms with Gasteiger partial charge in [-0.1, -0.05) is 13.8 Å². The van der Waals surface area contributed by atoms with Crippen molar-refractivity contribution < 1.29 is 4.79 Å². The van der Waals surface area contributed by atoms with Gasteiger partial charge < -0.3 is 4.90 Å². The summed E-state index contributed by atoms with van der Waals surface area (Å²) in [5, 5.41) is 0.941. The highest BCUT2D eigenvalue weighted by molar-refractivity contribution is 6.09. The Hall–Kier alpha value is -2.43. The summed E-state index contributed by atoms with van der Waals surface area (Å²) in [6.45, 7) is 10.2. The molecule has 5 nitrogen and oxygen atoms in total. The minimum Gasteiger partial charge on any atom is -0.342 e. The maximum atomic E-state index is 12.2. The Labute approximate surface area is 147 Å². The number of imidazole rings is 1. The van der Waals surface area contributed by atoms with Crippen LogP contribution in [-0.2, 0) is 0 Å². The normalized spacial score (nSPS) is 17.4. The number of nitrogens with zero attached hydrogens (tertiary/aromatic N) is 4. The molecule has 0 N–H and O–H groups in total. The van der Waals surface area contributed by atoms with Gasteiger partial charge in [-0.05, 0) is 49.8 Å². The summed E-state index contributed by atoms with van der Waals surface area (Å²) in [5.74, 6) is 0.935. The molecule has 0 saturated carbocycles. The van der Waals surface area contributed by atoms with Gasteiger partial charge in [0, 0.05) is 36.4 Å². The maximum Gasteiger partial charge on any atom is 0.211 e. The fourth-order valence-corrected chi connectivity index (χ4v) is 3.69. The van der Waals surface area contributed by atoms with Crippen LogP contribution in [0.3, 0.4) is 0 Å². The number of anilines is 1. The molecule has 0 bridgehead atoms. The maximum absolute atomic E-state index is 12.2. The summed E-state index contributed by atoms with van der Waals surface area (Å²) in [7, 11) is 0. The third kappa shape index (κ3) is 2.68. The molecule has 0 aliphatic carbocycles. The first-order valence-electron chi connectivity index (χ1n) is 8.89. The van der Waals surface area contributed by atoms with Crippen LogP contribution in [0.4, 0.5) is 5.95 Å². The smallest absolute Gasteiger partial charge is 0.211 e. The van der Waals surface area contributed by atoms with Crippen LogP contribution in [0, 0.1) is 12.3 Å². The molecule has 0 unspecified atom stereocenters. The minimum absolute atomic E-state index is 0.0443. The second-order valence-electron chi connectivity index (χ2n) is 7.95. The van der Waals surface area contributed by atoms with Crippen LogP contribution in [0.1, 0.15) is 49.5 Å². The minimum atomic E-state index is 0.0443. The van der Waals surface area contributed by atoms with E-state index in [-0.39, 0.29) is 5.78 Å². The number of hydrogen-bond acceptors (Lipinski definition) is 4. The first-order chi connectivity index (χ1) is 11.9. The summed E-state index contributed by atoms with van der Waals surface area (Å²) in [4.78, 5) is 24.0. The molecule has 0 spiro atoms. The average Bonchev–Trinajstić information content (AvgIpc) is 3.03. The van der Waals surface area contributed by atoms with E-state index in [2.05, 4.69) is 34.2 Å². The highest BCUT2D eigenvalue weighted by Crippen LogP contribution is 2.33. The number of benzene rings is 1. The highest BCUT2D eigenvalue weighted by Gasteiger charge is 2.28. The van der Waals surface area contributed by atoms with Crippen molar-refractivity contribution in [2.75, 3.05) is 18.0 Å². The van der Waals surface area contributed by atoms with Gasteiger partial charge in [0.15, 0.2) is 5.78 Å². The summed E-state index contributed by atoms with van der Waals surface area (Å²) < 4.78 is 2.06. The van der Waals surface area contributed by atoms with Gasteiger partial charge in [-0.25, -0.2) is 9.97 Å². The Bertz CT molecular complexity index is 976. The molecule has 0 amide bonds. The number of fused-ring (bicyclic) bond motifs is 3. The molecule has 3 heterocycles. The summed E-state index contributed by atoms with van der Waals surface area (Å²) >= 11 is 0. The molecule has 1 fully saturated rings. The van der Waals surface area contributed by atoms with Gasteiger partial charge in [0.05, 0.1) is 5.52 Å². The Kier molecular flexibility index (Phi) is 3.56. The van der Waals surface area contributed by atoms with E-state index in [1.165, 1.54) is 0 Å². The van der Waals surface area contributed by atoms with E-state index < -0.39 is 0 Å². The molecule has 1 aliphatic heterocycles. The number of rotatable bonds is 2. The predicted octanol–water partition coefficient (Wildman–Crippen LogP) is 4.02. The lowest BCUT2D eigenvalue weighted by molar-refractivity contribution is 0.101. The fraction of sp³-hybridized carbons (Fsp3) is 0.450. The van der Waals surface area contributed by atoms with Gasteiger partial charge in [0.2, 0.25) is 5.95 Å². The van der Waals surface area contributed by atoms with Gasteiger partial charge in [0.1, 0.15) is 5.65 Å². The first-order valence-corrected chi connectivity index (χ1v) is 8.89. The number of aromatic nitrogens is 3. The topological polar surface area (TPSA) is 50.5 Å². The van der Waals surface area contributed by atoms with Gasteiger partial charge in [-0.2, -0.15) is 0 Å². The zero-order chi connectivity index (χ0) is 17.8. The molecular weight excluding hydrogens is 312 g/mol. The number of hydrogen-bond donors (Lipinski definition) is 0. The third-order valence-corrected chi connectivity index (χ3v) is 5.34. The van der Waals surface area contributed by atoms with E-state index in [1.807, 2.05) is 25.4 Å². The van der Waals surface area contributed by atoms with Crippen LogP contribution < -0.4 is 4.90 Å². The summed E-state index contributed by atoms with van der Waals surface area (Å²) in [6.07, 6.45) is 6.04. The van der Waals surface area contributed by atoms with Crippen molar-refractivity contribution in [3.05, 3.63) is 35.7 Å². The Balaban J connectivity index is 1.95. The monoisotopic (exact) mass is 336 g/mol. The predicted molar refractivity (Wildman–Crippen MR) is 100 cm³/mol. The standard InChI is InChI=1S/C20H24N4O/c1-13-11-15(14(2)25)17-16(12-13)18-21-7-10-24(18)19(22-17)23-8-5-20(3,4)6-9-23/h7,10-12H,5-6,8-9H2,1-4H3. The van der Waals surface area contributed by atoms with E-state index in [0.717, 1.165) is 54.0 Å². The summed E-state index contributed by atoms with van der Waals surface area (Å²) in [5.41, 5.74) is 3.74. The summed E-state index contributed by atoms with van der Waals surface area (Å²) in [6, 6.07) is 4.00. The number of carbonyl (C=O) groups is 1. The molecule has 0 radical (unpaired) electrons. The Morgan fingerprint density at radius 2 is 1.92 bits per heavy atom. The molecule has 1 aliphatic rings. The van der Waals surface area contributed by atoms with Crippen molar-refractivity contribution in [2.24, 2.45) is 5.41 Å². The number of ketones is 1. The second-order valence-corrected chi connectivity index (χ2v) is 7.95. The largest absolute Gasteiger partial charge is 0.342 e. The lowest BCUT2D eigenvalue weighted by Crippen LogP contribution is -2.38. The molecule has 1 saturated heterocycles. The average molecular weight is 336 g/mol. The number of aryl methyl sites for hydroxylation is 1. The number of piperidine rings is 1. The van der Waals surface area contributed by atoms with Crippen LogP contribution in [0.15, 0.2) is 24.5 Å². The molecule has 25 heavy (non-hydrogen) atoms. The molecule has 4 rings (SSSR count). The van der Waals surface area contributed by atoms with Crippen LogP contribution in [0.25, 0.3) is 16.6 Å². The van der Waals surface area contributed by atoms with Crippen LogP contribution in [0.5, 0.6) is 0 Å². The number of Topliss-reactive ketones (excluding diaryl/α,β-unsaturated/α-hetero) is 1. The Morgan fingerprint density at radius 1 is 1.20 bits per heavy atom. The van der Waals surface area contributed by atoms with Crippen molar-refractivity contribution in [1.29, 1.82) is 0 Å². The quantitative estimate of drug-likeness (QED) is 0.663. The highest BCUT2D eigenvalue weighted by atomic mass is 16.1. The van der Waals surface area contributed by atoms with Crippen molar-refractivity contribution in [1.82, 2.24) is 14.4 Å². The molecule has 2 aromatic heterocycles. The van der Waals surface area contributed by atoms with Crippen LogP contribution >= 0.6 is 0 Å². The SMILES string of the molecule is CC(=O)c1cc(C)cc2c1nc(N1CCC(C)(C)CC1)n1ccnc21. The lowest BCUT2D eigenvalue weighted by atomic mass is 9.83. The van der Waals surface area contributed by atoms with Crippen LogP contribution in [0.2, 0.25) is 0 Å². The number of carbonyl (C=O) groups excluding carboxylic acids is 1. The van der Waals surface area contributed by atoms with Crippen molar-refractivity contribution in [3.63, 3.8) is 0 Å². The van der Waals surface area contributed by atoms with E-state index >= 15 is 0 Å². The van der Waals surface area contributed by atoms with Gasteiger partial charge in [-0.3, -0.25) is 9.20 Å². The van der Waals surface area contributed by atoms with E-state index in [9.17, 15) is 4.79 Å². The van der Waals surface area contributed by atoms with E-state index in [0.29, 0.717) is 11.0 Å². The van der Waals surface area contributed by atoms with E-state index in [1.54, 1.807) is 6.92 Å². The molecule has 3 aromatic rings. The van der Waals surface area contributed by atoms with Gasteiger partial charge in [-0.15, -0.1) is 0 Å². The zero-order valence-electron chi connectivity index (χ0n) is 15.3. The molecule has 5 heteroatoms. The molecular formula is C20H24N4O. The zero-order valence-corrected chi connectivity index (χ0v) is 15.3. The molecule has 130 valence electrons. The van der Waals surface area contributed by atoms with Crippen molar-refractivity contribution in [2.45, 2.75) is 40.5 Å². The van der Waals surface area contributed by atoms with Crippen LogP contribution in [-0.4, -0.2) is 33.2 Å². The second kappa shape index (κ2) is 5.55. The molecule has 0 atom stereocenters. The first kappa shape index (κ1) is 16.1.